The molecule has 0 unspecified atom stereocenters. The molecule has 29 heavy (non-hydrogen) atoms. The number of nitrogens with zero attached hydrogens (tertiary/aromatic N) is 3. The van der Waals surface area contributed by atoms with Gasteiger partial charge in [0.25, 0.3) is 5.91 Å². The molecule has 2 aliphatic heterocycles. The van der Waals surface area contributed by atoms with E-state index in [1.807, 2.05) is 4.90 Å². The van der Waals surface area contributed by atoms with Crippen molar-refractivity contribution in [2.45, 2.75) is 19.4 Å². The van der Waals surface area contributed by atoms with Crippen molar-refractivity contribution in [3.05, 3.63) is 47.5 Å². The number of ether oxygens (including phenoxy) is 2. The van der Waals surface area contributed by atoms with Crippen LogP contribution in [0, 0.1) is 11.7 Å². The molecule has 2 aromatic rings. The molecule has 0 radical (unpaired) electrons. The molecule has 3 heterocycles. The first-order chi connectivity index (χ1) is 14.2. The zero-order chi connectivity index (χ0) is 20.1. The second-order valence-electron chi connectivity index (χ2n) is 7.67. The summed E-state index contributed by atoms with van der Waals surface area (Å²) in [6.45, 7) is 6.16. The number of H-pyrrole nitrogens is 1. The van der Waals surface area contributed by atoms with Gasteiger partial charge in [0.1, 0.15) is 6.61 Å². The normalized spacial score (nSPS) is 20.6. The Hall–Kier alpha value is -2.45. The van der Waals surface area contributed by atoms with E-state index in [1.165, 1.54) is 6.07 Å². The number of nitrogens with one attached hydrogen (secondary N) is 1. The van der Waals surface area contributed by atoms with Gasteiger partial charge in [-0.1, -0.05) is 12.1 Å². The summed E-state index contributed by atoms with van der Waals surface area (Å²) >= 11 is 0. The fourth-order valence-electron chi connectivity index (χ4n) is 3.97. The van der Waals surface area contributed by atoms with Crippen LogP contribution in [0.4, 0.5) is 4.39 Å². The van der Waals surface area contributed by atoms with E-state index in [9.17, 15) is 9.18 Å². The van der Waals surface area contributed by atoms with E-state index in [2.05, 4.69) is 15.1 Å². The van der Waals surface area contributed by atoms with Crippen molar-refractivity contribution in [3.8, 4) is 5.75 Å². The monoisotopic (exact) mass is 402 g/mol. The molecule has 1 amide bonds. The van der Waals surface area contributed by atoms with Crippen LogP contribution in [0.3, 0.4) is 0 Å². The maximum absolute atomic E-state index is 13.7. The van der Waals surface area contributed by atoms with Crippen LogP contribution in [0.25, 0.3) is 0 Å². The molecular weight excluding hydrogens is 375 g/mol. The summed E-state index contributed by atoms with van der Waals surface area (Å²) in [4.78, 5) is 17.2. The standard InChI is InChI=1S/C21H27FN4O3/c22-18-5-1-2-6-20(18)29-15-17-12-19(24-23-17)21(27)26-7-3-4-16(14-26)13-25-8-10-28-11-9-25/h1-2,5-6,12,16H,3-4,7-11,13-15H2,(H,23,24)/t16-/m0/s1. The molecule has 8 heteroatoms. The molecule has 156 valence electrons. The second kappa shape index (κ2) is 9.37. The lowest BCUT2D eigenvalue weighted by molar-refractivity contribution is 0.0223. The number of aromatic nitrogens is 2. The predicted octanol–water partition coefficient (Wildman–Crippen LogP) is 2.31. The first kappa shape index (κ1) is 19.8. The molecule has 2 aliphatic rings. The summed E-state index contributed by atoms with van der Waals surface area (Å²) in [5.74, 6) is 0.179. The van der Waals surface area contributed by atoms with Crippen molar-refractivity contribution >= 4 is 5.91 Å². The number of carbonyl (C=O) groups is 1. The third-order valence-corrected chi connectivity index (χ3v) is 5.50. The molecule has 1 N–H and O–H groups in total. The van der Waals surface area contributed by atoms with Crippen molar-refractivity contribution in [1.82, 2.24) is 20.0 Å². The summed E-state index contributed by atoms with van der Waals surface area (Å²) in [6.07, 6.45) is 2.15. The SMILES string of the molecule is O=C(c1cc(COc2ccccc2F)[nH]n1)N1CCC[C@@H](CN2CCOCC2)C1. The number of benzene rings is 1. The minimum absolute atomic E-state index is 0.0648. The van der Waals surface area contributed by atoms with Gasteiger partial charge in [0.2, 0.25) is 0 Å². The molecule has 7 nitrogen and oxygen atoms in total. The van der Waals surface area contributed by atoms with E-state index in [1.54, 1.807) is 24.3 Å². The lowest BCUT2D eigenvalue weighted by atomic mass is 9.97. The first-order valence-electron chi connectivity index (χ1n) is 10.2. The van der Waals surface area contributed by atoms with E-state index in [0.717, 1.165) is 58.8 Å². The average molecular weight is 402 g/mol. The van der Waals surface area contributed by atoms with Crippen LogP contribution in [0.5, 0.6) is 5.75 Å². The lowest BCUT2D eigenvalue weighted by Crippen LogP contribution is -2.46. The number of morpholine rings is 1. The maximum Gasteiger partial charge on any atom is 0.274 e. The molecular formula is C21H27FN4O3. The summed E-state index contributed by atoms with van der Waals surface area (Å²) in [5, 5.41) is 6.98. The van der Waals surface area contributed by atoms with Crippen LogP contribution in [-0.2, 0) is 11.3 Å². The van der Waals surface area contributed by atoms with Crippen LogP contribution in [0.15, 0.2) is 30.3 Å². The number of piperidine rings is 1. The zero-order valence-electron chi connectivity index (χ0n) is 16.5. The number of amides is 1. The summed E-state index contributed by atoms with van der Waals surface area (Å²) in [5.41, 5.74) is 1.02. The topological polar surface area (TPSA) is 70.7 Å². The summed E-state index contributed by atoms with van der Waals surface area (Å²) in [7, 11) is 0. The number of halogens is 1. The van der Waals surface area contributed by atoms with Gasteiger partial charge in [-0.3, -0.25) is 14.8 Å². The van der Waals surface area contributed by atoms with Gasteiger partial charge in [-0.2, -0.15) is 5.10 Å². The van der Waals surface area contributed by atoms with Crippen molar-refractivity contribution < 1.29 is 18.7 Å². The van der Waals surface area contributed by atoms with E-state index < -0.39 is 5.82 Å². The Balaban J connectivity index is 1.31. The fourth-order valence-corrected chi connectivity index (χ4v) is 3.97. The van der Waals surface area contributed by atoms with Crippen molar-refractivity contribution in [2.75, 3.05) is 45.9 Å². The highest BCUT2D eigenvalue weighted by molar-refractivity contribution is 5.92. The molecule has 1 aromatic carbocycles. The number of likely N-dealkylation sites (tertiary alicyclic amines) is 1. The molecule has 0 spiro atoms. The Morgan fingerprint density at radius 1 is 1.28 bits per heavy atom. The van der Waals surface area contributed by atoms with Gasteiger partial charge in [0.15, 0.2) is 17.3 Å². The Morgan fingerprint density at radius 2 is 2.10 bits per heavy atom. The lowest BCUT2D eigenvalue weighted by Gasteiger charge is -2.36. The van der Waals surface area contributed by atoms with Crippen LogP contribution in [0.2, 0.25) is 0 Å². The van der Waals surface area contributed by atoms with Crippen LogP contribution < -0.4 is 4.74 Å². The van der Waals surface area contributed by atoms with Gasteiger partial charge in [0.05, 0.1) is 18.9 Å². The molecule has 0 bridgehead atoms. The smallest absolute Gasteiger partial charge is 0.274 e. The number of para-hydroxylation sites is 1. The Labute approximate surface area is 169 Å². The summed E-state index contributed by atoms with van der Waals surface area (Å²) < 4.78 is 24.5. The van der Waals surface area contributed by atoms with Crippen molar-refractivity contribution in [2.24, 2.45) is 5.92 Å². The number of hydrogen-bond acceptors (Lipinski definition) is 5. The molecule has 2 saturated heterocycles. The van der Waals surface area contributed by atoms with Crippen LogP contribution >= 0.6 is 0 Å². The highest BCUT2D eigenvalue weighted by Gasteiger charge is 2.27. The van der Waals surface area contributed by atoms with Crippen LogP contribution in [-0.4, -0.2) is 71.8 Å². The third kappa shape index (κ3) is 5.13. The van der Waals surface area contributed by atoms with Gasteiger partial charge in [0, 0.05) is 32.7 Å². The predicted molar refractivity (Wildman–Crippen MR) is 105 cm³/mol. The molecule has 1 atom stereocenters. The maximum atomic E-state index is 13.7. The number of aromatic amines is 1. The zero-order valence-corrected chi connectivity index (χ0v) is 16.5. The van der Waals surface area contributed by atoms with Crippen LogP contribution in [0.1, 0.15) is 29.0 Å². The van der Waals surface area contributed by atoms with Gasteiger partial charge in [-0.25, -0.2) is 4.39 Å². The second-order valence-corrected chi connectivity index (χ2v) is 7.67. The van der Waals surface area contributed by atoms with E-state index in [0.29, 0.717) is 17.3 Å². The van der Waals surface area contributed by atoms with Gasteiger partial charge < -0.3 is 14.4 Å². The molecule has 1 aromatic heterocycles. The molecule has 2 fully saturated rings. The molecule has 4 rings (SSSR count). The van der Waals surface area contributed by atoms with E-state index in [4.69, 9.17) is 9.47 Å². The average Bonchev–Trinajstić information content (AvgIpc) is 3.23. The van der Waals surface area contributed by atoms with Gasteiger partial charge in [-0.15, -0.1) is 0 Å². The minimum atomic E-state index is -0.414. The number of rotatable bonds is 6. The molecule has 0 saturated carbocycles. The van der Waals surface area contributed by atoms with Gasteiger partial charge in [-0.05, 0) is 37.0 Å². The van der Waals surface area contributed by atoms with Crippen molar-refractivity contribution in [3.63, 3.8) is 0 Å². The largest absolute Gasteiger partial charge is 0.484 e. The van der Waals surface area contributed by atoms with Gasteiger partial charge >= 0.3 is 0 Å². The van der Waals surface area contributed by atoms with E-state index >= 15 is 0 Å². The Kier molecular flexibility index (Phi) is 6.41. The van der Waals surface area contributed by atoms with Crippen molar-refractivity contribution in [1.29, 1.82) is 0 Å². The molecule has 0 aliphatic carbocycles. The Morgan fingerprint density at radius 3 is 2.93 bits per heavy atom. The third-order valence-electron chi connectivity index (χ3n) is 5.50. The quantitative estimate of drug-likeness (QED) is 0.803. The minimum Gasteiger partial charge on any atom is -0.484 e. The fraction of sp³-hybridized carbons (Fsp3) is 0.524. The highest BCUT2D eigenvalue weighted by atomic mass is 19.1. The van der Waals surface area contributed by atoms with E-state index in [-0.39, 0.29) is 18.3 Å². The summed E-state index contributed by atoms with van der Waals surface area (Å²) in [6, 6.07) is 7.93. The first-order valence-corrected chi connectivity index (χ1v) is 10.2. The number of carbonyl (C=O) groups excluding carboxylic acids is 1. The highest BCUT2D eigenvalue weighted by Crippen LogP contribution is 2.21. The Bertz CT molecular complexity index is 822. The number of hydrogen-bond donors (Lipinski definition) is 1.